The van der Waals surface area contributed by atoms with Crippen LogP contribution in [-0.2, 0) is 11.3 Å². The number of nitrogens with zero attached hydrogens (tertiary/aromatic N) is 5. The van der Waals surface area contributed by atoms with Gasteiger partial charge in [0.15, 0.2) is 17.2 Å². The predicted molar refractivity (Wildman–Crippen MR) is 120 cm³/mol. The number of methoxy groups -OCH3 is 2. The lowest BCUT2D eigenvalue weighted by Gasteiger charge is -2.27. The minimum atomic E-state index is -0.554. The van der Waals surface area contributed by atoms with Gasteiger partial charge in [-0.15, -0.1) is 0 Å². The normalized spacial score (nSPS) is 16.8. The molecular formula is C23H25FN6O3. The molecule has 0 radical (unpaired) electrons. The van der Waals surface area contributed by atoms with Crippen molar-refractivity contribution in [2.24, 2.45) is 10.9 Å². The summed E-state index contributed by atoms with van der Waals surface area (Å²) in [7, 11) is 4.87. The Hall–Kier alpha value is -3.50. The number of fused-ring (bicyclic) bond motifs is 1. The second-order valence-corrected chi connectivity index (χ2v) is 8.04. The number of hydrogen-bond acceptors (Lipinski definition) is 8. The number of rotatable bonds is 6. The van der Waals surface area contributed by atoms with Crippen LogP contribution < -0.4 is 20.4 Å². The quantitative estimate of drug-likeness (QED) is 0.614. The van der Waals surface area contributed by atoms with E-state index in [9.17, 15) is 0 Å². The van der Waals surface area contributed by atoms with Crippen molar-refractivity contribution in [3.8, 4) is 11.5 Å². The first-order chi connectivity index (χ1) is 16.1. The Morgan fingerprint density at radius 3 is 2.76 bits per heavy atom. The Morgan fingerprint density at radius 1 is 1.24 bits per heavy atom. The number of benzene rings is 1. The topological polar surface area (TPSA) is 86.0 Å². The van der Waals surface area contributed by atoms with Crippen molar-refractivity contribution in [1.29, 1.82) is 0 Å². The minimum Gasteiger partial charge on any atom is -0.497 e. The molecule has 1 N–H and O–H groups in total. The van der Waals surface area contributed by atoms with E-state index in [4.69, 9.17) is 19.2 Å². The van der Waals surface area contributed by atoms with Crippen LogP contribution in [0.15, 0.2) is 41.7 Å². The summed E-state index contributed by atoms with van der Waals surface area (Å²) in [5, 5.41) is 1.89. The molecule has 0 saturated carbocycles. The molecule has 0 unspecified atom stereocenters. The van der Waals surface area contributed by atoms with Crippen LogP contribution in [0.4, 0.5) is 10.1 Å². The molecule has 0 atom stereocenters. The number of aromatic nitrogens is 3. The fraction of sp³-hybridized carbons (Fsp3) is 0.348. The van der Waals surface area contributed by atoms with Gasteiger partial charge in [-0.3, -0.25) is 4.98 Å². The van der Waals surface area contributed by atoms with Gasteiger partial charge in [-0.25, -0.2) is 19.8 Å². The third-order valence-corrected chi connectivity index (χ3v) is 5.73. The molecular weight excluding hydrogens is 427 g/mol. The third-order valence-electron chi connectivity index (χ3n) is 5.73. The Labute approximate surface area is 190 Å². The fourth-order valence-corrected chi connectivity index (χ4v) is 3.86. The molecule has 3 aromatic rings. The first-order valence-corrected chi connectivity index (χ1v) is 10.6. The van der Waals surface area contributed by atoms with Crippen LogP contribution in [0.5, 0.6) is 11.5 Å². The lowest BCUT2D eigenvalue weighted by Crippen LogP contribution is -2.35. The first-order valence-electron chi connectivity index (χ1n) is 10.6. The first kappa shape index (κ1) is 21.4. The van der Waals surface area contributed by atoms with Gasteiger partial charge in [-0.1, -0.05) is 0 Å². The van der Waals surface area contributed by atoms with Gasteiger partial charge in [-0.2, -0.15) is 0 Å². The largest absolute Gasteiger partial charge is 0.497 e. The van der Waals surface area contributed by atoms with Crippen molar-refractivity contribution in [2.45, 2.75) is 6.54 Å². The Morgan fingerprint density at radius 2 is 2.09 bits per heavy atom. The number of pyridine rings is 1. The predicted octanol–water partition coefficient (Wildman–Crippen LogP) is 2.26. The van der Waals surface area contributed by atoms with Crippen LogP contribution in [0.1, 0.15) is 5.69 Å². The van der Waals surface area contributed by atoms with Crippen molar-refractivity contribution in [3.05, 3.63) is 53.7 Å². The fourth-order valence-electron chi connectivity index (χ4n) is 3.86. The molecule has 1 saturated heterocycles. The van der Waals surface area contributed by atoms with Gasteiger partial charge in [0, 0.05) is 50.0 Å². The summed E-state index contributed by atoms with van der Waals surface area (Å²) in [5.41, 5.74) is 7.15. The molecule has 10 heteroatoms. The van der Waals surface area contributed by atoms with E-state index in [1.807, 2.05) is 35.0 Å². The smallest absolute Gasteiger partial charge is 0.190 e. The summed E-state index contributed by atoms with van der Waals surface area (Å²) >= 11 is 0. The summed E-state index contributed by atoms with van der Waals surface area (Å²) in [6, 6.07) is 6.71. The highest BCUT2D eigenvalue weighted by Crippen LogP contribution is 2.32. The second-order valence-electron chi connectivity index (χ2n) is 8.04. The maximum atomic E-state index is 15.0. The number of hydrazine groups is 1. The molecule has 1 aromatic carbocycles. The van der Waals surface area contributed by atoms with Crippen molar-refractivity contribution in [2.75, 3.05) is 41.0 Å². The van der Waals surface area contributed by atoms with Crippen molar-refractivity contribution >= 4 is 22.4 Å². The van der Waals surface area contributed by atoms with E-state index in [1.165, 1.54) is 20.3 Å². The number of halogens is 1. The number of hydrogen-bond donors (Lipinski definition) is 1. The lowest BCUT2D eigenvalue weighted by atomic mass is 10.1. The zero-order chi connectivity index (χ0) is 22.9. The van der Waals surface area contributed by atoms with Gasteiger partial charge in [0.2, 0.25) is 0 Å². The number of nitrogens with one attached hydrogen (secondary N) is 1. The van der Waals surface area contributed by atoms with Crippen LogP contribution >= 0.6 is 0 Å². The van der Waals surface area contributed by atoms with E-state index in [-0.39, 0.29) is 11.4 Å². The van der Waals surface area contributed by atoms with Gasteiger partial charge in [0.1, 0.15) is 22.4 Å². The second kappa shape index (κ2) is 8.80. The average molecular weight is 452 g/mol. The molecule has 0 spiro atoms. The van der Waals surface area contributed by atoms with E-state index in [1.54, 1.807) is 12.3 Å². The molecule has 33 heavy (non-hydrogen) atoms. The van der Waals surface area contributed by atoms with E-state index in [0.717, 1.165) is 16.8 Å². The Balaban J connectivity index is 1.70. The lowest BCUT2D eigenvalue weighted by molar-refractivity contribution is -0.0394. The van der Waals surface area contributed by atoms with E-state index in [2.05, 4.69) is 15.4 Å². The summed E-state index contributed by atoms with van der Waals surface area (Å²) in [4.78, 5) is 14.2. The molecule has 2 aliphatic heterocycles. The molecule has 172 valence electrons. The summed E-state index contributed by atoms with van der Waals surface area (Å²) in [5.74, 6) is 0.295. The molecule has 2 aliphatic rings. The van der Waals surface area contributed by atoms with Crippen LogP contribution in [-0.4, -0.2) is 60.6 Å². The van der Waals surface area contributed by atoms with Gasteiger partial charge in [0.05, 0.1) is 39.3 Å². The number of ether oxygens (including phenoxy) is 3. The molecule has 2 aromatic heterocycles. The highest BCUT2D eigenvalue weighted by molar-refractivity contribution is 5.74. The third kappa shape index (κ3) is 4.14. The van der Waals surface area contributed by atoms with Gasteiger partial charge in [0.25, 0.3) is 0 Å². The minimum absolute atomic E-state index is 0.0692. The van der Waals surface area contributed by atoms with Gasteiger partial charge < -0.3 is 23.8 Å². The molecule has 0 bridgehead atoms. The van der Waals surface area contributed by atoms with E-state index >= 15 is 4.39 Å². The molecule has 4 heterocycles. The molecule has 0 aliphatic carbocycles. The summed E-state index contributed by atoms with van der Waals surface area (Å²) in [6.07, 6.45) is 3.77. The van der Waals surface area contributed by atoms with Crippen molar-refractivity contribution < 1.29 is 18.6 Å². The van der Waals surface area contributed by atoms with Crippen LogP contribution in [0.25, 0.3) is 16.7 Å². The summed E-state index contributed by atoms with van der Waals surface area (Å²) in [6.45, 7) is 2.63. The molecule has 0 amide bonds. The average Bonchev–Trinajstić information content (AvgIpc) is 3.24. The Kier molecular flexibility index (Phi) is 5.69. The molecule has 5 rings (SSSR count). The maximum absolute atomic E-state index is 15.0. The van der Waals surface area contributed by atoms with Gasteiger partial charge in [-0.05, 0) is 12.1 Å². The highest BCUT2D eigenvalue weighted by Gasteiger charge is 2.21. The zero-order valence-corrected chi connectivity index (χ0v) is 18.7. The SMILES string of the molecule is COc1cc(/N=c2\ccc3ncc(C4=CN(C)NC4)nc3n2CC2COC2)c(F)c(OC)c1. The van der Waals surface area contributed by atoms with Gasteiger partial charge >= 0.3 is 0 Å². The zero-order valence-electron chi connectivity index (χ0n) is 18.7. The Bertz CT molecular complexity index is 1300. The van der Waals surface area contributed by atoms with Crippen LogP contribution in [0.3, 0.4) is 0 Å². The summed E-state index contributed by atoms with van der Waals surface area (Å²) < 4.78 is 32.8. The molecule has 9 nitrogen and oxygen atoms in total. The van der Waals surface area contributed by atoms with Crippen molar-refractivity contribution in [1.82, 2.24) is 25.0 Å². The van der Waals surface area contributed by atoms with Crippen molar-refractivity contribution in [3.63, 3.8) is 0 Å². The molecule has 1 fully saturated rings. The van der Waals surface area contributed by atoms with Crippen LogP contribution in [0, 0.1) is 11.7 Å². The standard InChI is InChI=1S/C23H25FN6O3/c1-29-11-15(8-26-29)19-9-25-17-4-5-21(30(23(17)28-19)10-14-12-33-13-14)27-18-6-16(31-2)7-20(32-3)22(18)24/h4-7,9,11,14,26H,8,10,12-13H2,1-3H3/b27-21+. The van der Waals surface area contributed by atoms with E-state index in [0.29, 0.717) is 49.1 Å². The highest BCUT2D eigenvalue weighted by atomic mass is 19.1. The van der Waals surface area contributed by atoms with Crippen LogP contribution in [0.2, 0.25) is 0 Å². The monoisotopic (exact) mass is 452 g/mol. The maximum Gasteiger partial charge on any atom is 0.190 e. The van der Waals surface area contributed by atoms with E-state index < -0.39 is 5.82 Å².